The van der Waals surface area contributed by atoms with Crippen molar-refractivity contribution in [2.75, 3.05) is 34.5 Å². The average molecular weight is 418 g/mol. The van der Waals surface area contributed by atoms with Gasteiger partial charge in [-0.05, 0) is 35.4 Å². The Bertz CT molecular complexity index is 802. The van der Waals surface area contributed by atoms with Gasteiger partial charge in [0, 0.05) is 17.4 Å². The van der Waals surface area contributed by atoms with E-state index in [1.165, 1.54) is 21.3 Å². The fourth-order valence-electron chi connectivity index (χ4n) is 4.44. The lowest BCUT2D eigenvalue weighted by Crippen LogP contribution is -2.15. The van der Waals surface area contributed by atoms with Crippen LogP contribution in [0.3, 0.4) is 0 Å². The molecule has 8 heteroatoms. The van der Waals surface area contributed by atoms with Gasteiger partial charge in [0.05, 0.1) is 53.4 Å². The Balaban J connectivity index is 1.63. The Morgan fingerprint density at radius 2 is 1.20 bits per heavy atom. The number of aliphatic hydroxyl groups excluding tert-OH is 1. The third-order valence-electron chi connectivity index (χ3n) is 5.99. The Hall–Kier alpha value is -2.68. The van der Waals surface area contributed by atoms with Crippen molar-refractivity contribution in [2.24, 2.45) is 11.8 Å². The van der Waals surface area contributed by atoms with Gasteiger partial charge in [-0.1, -0.05) is 0 Å². The number of ether oxygens (including phenoxy) is 5. The summed E-state index contributed by atoms with van der Waals surface area (Å²) in [7, 11) is 4.45. The zero-order valence-corrected chi connectivity index (χ0v) is 17.1. The molecule has 8 nitrogen and oxygen atoms in total. The highest BCUT2D eigenvalue weighted by Crippen LogP contribution is 2.52. The van der Waals surface area contributed by atoms with E-state index in [2.05, 4.69) is 0 Å². The molecule has 4 rings (SSSR count). The van der Waals surface area contributed by atoms with Gasteiger partial charge in [-0.25, -0.2) is 0 Å². The highest BCUT2D eigenvalue weighted by atomic mass is 16.5. The summed E-state index contributed by atoms with van der Waals surface area (Å²) in [5, 5.41) is 29.9. The monoisotopic (exact) mass is 418 g/mol. The fourth-order valence-corrected chi connectivity index (χ4v) is 4.44. The van der Waals surface area contributed by atoms with E-state index in [1.807, 2.05) is 0 Å². The van der Waals surface area contributed by atoms with Crippen LogP contribution >= 0.6 is 0 Å². The molecule has 2 aliphatic heterocycles. The Kier molecular flexibility index (Phi) is 5.64. The lowest BCUT2D eigenvalue weighted by atomic mass is 9.84. The Labute approximate surface area is 174 Å². The van der Waals surface area contributed by atoms with E-state index >= 15 is 0 Å². The summed E-state index contributed by atoms with van der Waals surface area (Å²) >= 11 is 0. The fraction of sp³-hybridized carbons (Fsp3) is 0.455. The van der Waals surface area contributed by atoms with Crippen LogP contribution in [0.1, 0.15) is 28.9 Å². The number of hydrogen-bond acceptors (Lipinski definition) is 8. The van der Waals surface area contributed by atoms with Crippen LogP contribution in [0.2, 0.25) is 0 Å². The van der Waals surface area contributed by atoms with Crippen molar-refractivity contribution in [3.8, 4) is 28.7 Å². The van der Waals surface area contributed by atoms with Crippen molar-refractivity contribution in [3.05, 3.63) is 41.0 Å². The molecule has 2 saturated heterocycles. The van der Waals surface area contributed by atoms with Crippen molar-refractivity contribution in [1.29, 1.82) is 0 Å². The van der Waals surface area contributed by atoms with Gasteiger partial charge in [-0.2, -0.15) is 0 Å². The summed E-state index contributed by atoms with van der Waals surface area (Å²) in [4.78, 5) is 0. The van der Waals surface area contributed by atoms with Crippen LogP contribution in [0.25, 0.3) is 0 Å². The van der Waals surface area contributed by atoms with E-state index in [1.54, 1.807) is 24.3 Å². The minimum absolute atomic E-state index is 0.0495. The van der Waals surface area contributed by atoms with Gasteiger partial charge in [0.1, 0.15) is 0 Å². The predicted molar refractivity (Wildman–Crippen MR) is 106 cm³/mol. The van der Waals surface area contributed by atoms with Crippen LogP contribution < -0.4 is 14.2 Å². The largest absolute Gasteiger partial charge is 0.504 e. The minimum atomic E-state index is -0.303. The SMILES string of the molecule is COc1cc([C@H]2OC[C@H]3[C@@H]2CO[C@@H]3c2cc(OC)c(O)c(OC)c2)cc(CO)c1O. The summed E-state index contributed by atoms with van der Waals surface area (Å²) in [6.07, 6.45) is -0.486. The van der Waals surface area contributed by atoms with Gasteiger partial charge in [-0.15, -0.1) is 0 Å². The third-order valence-corrected chi connectivity index (χ3v) is 5.99. The van der Waals surface area contributed by atoms with Crippen LogP contribution in [0, 0.1) is 11.8 Å². The quantitative estimate of drug-likeness (QED) is 0.657. The zero-order chi connectivity index (χ0) is 21.4. The molecule has 0 spiro atoms. The number of aromatic hydroxyl groups is 2. The molecular weight excluding hydrogens is 392 g/mol. The van der Waals surface area contributed by atoms with Crippen LogP contribution in [0.5, 0.6) is 28.7 Å². The molecule has 0 saturated carbocycles. The molecule has 0 aromatic heterocycles. The second-order valence-corrected chi connectivity index (χ2v) is 7.50. The van der Waals surface area contributed by atoms with Gasteiger partial charge in [0.15, 0.2) is 23.0 Å². The second-order valence-electron chi connectivity index (χ2n) is 7.50. The van der Waals surface area contributed by atoms with Crippen LogP contribution in [0.15, 0.2) is 24.3 Å². The summed E-state index contributed by atoms with van der Waals surface area (Å²) < 4.78 is 28.1. The first-order valence-corrected chi connectivity index (χ1v) is 9.71. The molecular formula is C22H26O8. The number of fused-ring (bicyclic) bond motifs is 1. The zero-order valence-electron chi connectivity index (χ0n) is 17.1. The number of aliphatic hydroxyl groups is 1. The molecule has 2 aromatic rings. The molecule has 2 aromatic carbocycles. The van der Waals surface area contributed by atoms with Crippen molar-refractivity contribution in [3.63, 3.8) is 0 Å². The summed E-state index contributed by atoms with van der Waals surface area (Å²) in [6.45, 7) is 0.676. The molecule has 30 heavy (non-hydrogen) atoms. The normalized spacial score (nSPS) is 25.2. The number of phenolic OH excluding ortho intramolecular Hbond substituents is 1. The van der Waals surface area contributed by atoms with Gasteiger partial charge >= 0.3 is 0 Å². The van der Waals surface area contributed by atoms with Crippen molar-refractivity contribution < 1.29 is 39.0 Å². The molecule has 0 aliphatic carbocycles. The first kappa shape index (κ1) is 20.6. The van der Waals surface area contributed by atoms with E-state index in [-0.39, 0.29) is 42.1 Å². The molecule has 162 valence electrons. The lowest BCUT2D eigenvalue weighted by molar-refractivity contribution is 0.0190. The second kappa shape index (κ2) is 8.22. The molecule has 0 radical (unpaired) electrons. The maximum atomic E-state index is 10.2. The van der Waals surface area contributed by atoms with Crippen molar-refractivity contribution >= 4 is 0 Å². The maximum absolute atomic E-state index is 10.2. The molecule has 2 aliphatic rings. The summed E-state index contributed by atoms with van der Waals surface area (Å²) in [5.41, 5.74) is 2.06. The first-order chi connectivity index (χ1) is 14.5. The van der Waals surface area contributed by atoms with Crippen LogP contribution in [0.4, 0.5) is 0 Å². The predicted octanol–water partition coefficient (Wildman–Crippen LogP) is 2.69. The highest BCUT2D eigenvalue weighted by Gasteiger charge is 2.48. The van der Waals surface area contributed by atoms with Gasteiger partial charge < -0.3 is 39.0 Å². The third kappa shape index (κ3) is 3.30. The molecule has 0 unspecified atom stereocenters. The number of phenols is 2. The molecule has 2 fully saturated rings. The standard InChI is InChI=1S/C22H26O8/c1-26-16-5-11(4-13(8-23)19(16)24)21-14-9-30-22(15(14)10-29-21)12-6-17(27-2)20(25)18(7-12)28-3/h4-7,14-15,21-25H,8-10H2,1-3H3/t14-,15-,21+,22+/m0/s1. The molecule has 4 atom stereocenters. The topological polar surface area (TPSA) is 107 Å². The van der Waals surface area contributed by atoms with Crippen molar-refractivity contribution in [1.82, 2.24) is 0 Å². The summed E-state index contributed by atoms with van der Waals surface area (Å²) in [6, 6.07) is 6.99. The smallest absolute Gasteiger partial charge is 0.200 e. The molecule has 2 heterocycles. The number of methoxy groups -OCH3 is 3. The van der Waals surface area contributed by atoms with Gasteiger partial charge in [-0.3, -0.25) is 0 Å². The number of hydrogen-bond donors (Lipinski definition) is 3. The van der Waals surface area contributed by atoms with E-state index in [9.17, 15) is 15.3 Å². The first-order valence-electron chi connectivity index (χ1n) is 9.71. The lowest BCUT2D eigenvalue weighted by Gasteiger charge is -2.19. The molecule has 0 amide bonds. The van der Waals surface area contributed by atoms with Crippen LogP contribution in [-0.2, 0) is 16.1 Å². The van der Waals surface area contributed by atoms with Gasteiger partial charge in [0.25, 0.3) is 0 Å². The molecule has 0 bridgehead atoms. The van der Waals surface area contributed by atoms with E-state index in [0.29, 0.717) is 36.0 Å². The minimum Gasteiger partial charge on any atom is -0.504 e. The van der Waals surface area contributed by atoms with Gasteiger partial charge in [0.2, 0.25) is 5.75 Å². The number of rotatable bonds is 6. The van der Waals surface area contributed by atoms with E-state index in [0.717, 1.165) is 11.1 Å². The average Bonchev–Trinajstić information content (AvgIpc) is 3.36. The highest BCUT2D eigenvalue weighted by molar-refractivity contribution is 5.53. The Morgan fingerprint density at radius 1 is 0.767 bits per heavy atom. The molecule has 3 N–H and O–H groups in total. The summed E-state index contributed by atoms with van der Waals surface area (Å²) in [5.74, 6) is 0.999. The Morgan fingerprint density at radius 3 is 1.63 bits per heavy atom. The number of benzene rings is 2. The van der Waals surface area contributed by atoms with Crippen LogP contribution in [-0.4, -0.2) is 49.9 Å². The van der Waals surface area contributed by atoms with E-state index in [4.69, 9.17) is 23.7 Å². The van der Waals surface area contributed by atoms with Crippen molar-refractivity contribution in [2.45, 2.75) is 18.8 Å². The van der Waals surface area contributed by atoms with E-state index < -0.39 is 0 Å². The maximum Gasteiger partial charge on any atom is 0.200 e.